The zero-order valence-electron chi connectivity index (χ0n) is 7.97. The first-order valence-corrected chi connectivity index (χ1v) is 4.90. The van der Waals surface area contributed by atoms with Gasteiger partial charge in [-0.25, -0.2) is 4.79 Å². The van der Waals surface area contributed by atoms with Gasteiger partial charge >= 0.3 is 5.76 Å². The van der Waals surface area contributed by atoms with Gasteiger partial charge in [-0.05, 0) is 25.0 Å². The van der Waals surface area contributed by atoms with Gasteiger partial charge in [0.15, 0.2) is 11.9 Å². The number of rotatable bonds is 2. The van der Waals surface area contributed by atoms with E-state index in [0.29, 0.717) is 17.4 Å². The van der Waals surface area contributed by atoms with Gasteiger partial charge in [0.05, 0.1) is 11.1 Å². The van der Waals surface area contributed by atoms with E-state index < -0.39 is 0 Å². The van der Waals surface area contributed by atoms with E-state index in [1.807, 2.05) is 6.07 Å². The van der Waals surface area contributed by atoms with Crippen molar-refractivity contribution in [1.82, 2.24) is 4.57 Å². The Morgan fingerprint density at radius 1 is 1.40 bits per heavy atom. The Balaban J connectivity index is 2.41. The molecule has 0 amide bonds. The Hall–Kier alpha value is -1.84. The Kier molecular flexibility index (Phi) is 1.59. The predicted octanol–water partition coefficient (Wildman–Crippen LogP) is 1.74. The fourth-order valence-corrected chi connectivity index (χ4v) is 1.85. The van der Waals surface area contributed by atoms with Crippen LogP contribution in [0.3, 0.4) is 0 Å². The molecule has 1 aliphatic rings. The summed E-state index contributed by atoms with van der Waals surface area (Å²) in [5, 5.41) is 0. The molecular formula is C11H9NO3. The van der Waals surface area contributed by atoms with Crippen LogP contribution in [0.5, 0.6) is 0 Å². The van der Waals surface area contributed by atoms with Crippen molar-refractivity contribution in [3.8, 4) is 0 Å². The topological polar surface area (TPSA) is 52.2 Å². The summed E-state index contributed by atoms with van der Waals surface area (Å²) in [7, 11) is 0. The molecule has 0 radical (unpaired) electrons. The van der Waals surface area contributed by atoms with Gasteiger partial charge in [0, 0.05) is 6.04 Å². The number of carbonyl (C=O) groups excluding carboxylic acids is 1. The van der Waals surface area contributed by atoms with Crippen LogP contribution in [0, 0.1) is 0 Å². The molecule has 1 saturated carbocycles. The summed E-state index contributed by atoms with van der Waals surface area (Å²) in [6.45, 7) is 0. The zero-order valence-corrected chi connectivity index (χ0v) is 7.97. The molecule has 0 aliphatic heterocycles. The highest BCUT2D eigenvalue weighted by Crippen LogP contribution is 2.36. The van der Waals surface area contributed by atoms with Crippen LogP contribution < -0.4 is 5.76 Å². The first-order valence-electron chi connectivity index (χ1n) is 4.90. The van der Waals surface area contributed by atoms with Gasteiger partial charge < -0.3 is 4.42 Å². The maximum atomic E-state index is 11.6. The Labute approximate surface area is 85.1 Å². The molecule has 1 aromatic carbocycles. The van der Waals surface area contributed by atoms with Crippen LogP contribution in [0.1, 0.15) is 29.2 Å². The van der Waals surface area contributed by atoms with Gasteiger partial charge in [-0.2, -0.15) is 0 Å². The van der Waals surface area contributed by atoms with Crippen molar-refractivity contribution >= 4 is 17.4 Å². The number of fused-ring (bicyclic) bond motifs is 1. The lowest BCUT2D eigenvalue weighted by Crippen LogP contribution is -2.11. The number of hydrogen-bond donors (Lipinski definition) is 0. The summed E-state index contributed by atoms with van der Waals surface area (Å²) in [6, 6.07) is 5.49. The van der Waals surface area contributed by atoms with E-state index in [1.165, 1.54) is 0 Å². The van der Waals surface area contributed by atoms with E-state index in [4.69, 9.17) is 4.42 Å². The second-order valence-corrected chi connectivity index (χ2v) is 3.78. The van der Waals surface area contributed by atoms with Crippen molar-refractivity contribution in [2.45, 2.75) is 18.9 Å². The van der Waals surface area contributed by atoms with E-state index in [2.05, 4.69) is 0 Å². The first-order chi connectivity index (χ1) is 7.31. The molecule has 0 unspecified atom stereocenters. The van der Waals surface area contributed by atoms with E-state index in [0.717, 1.165) is 18.4 Å². The number of nitrogens with zero attached hydrogens (tertiary/aromatic N) is 1. The maximum Gasteiger partial charge on any atom is 0.420 e. The summed E-state index contributed by atoms with van der Waals surface area (Å²) in [5.41, 5.74) is 1.57. The Morgan fingerprint density at radius 2 is 2.20 bits per heavy atom. The average molecular weight is 203 g/mol. The van der Waals surface area contributed by atoms with Crippen LogP contribution in [-0.4, -0.2) is 10.9 Å². The highest BCUT2D eigenvalue weighted by Gasteiger charge is 2.28. The number of para-hydroxylation sites is 1. The summed E-state index contributed by atoms with van der Waals surface area (Å²) < 4.78 is 6.74. The van der Waals surface area contributed by atoms with Crippen molar-refractivity contribution in [2.75, 3.05) is 0 Å². The van der Waals surface area contributed by atoms with Gasteiger partial charge in [-0.15, -0.1) is 0 Å². The fourth-order valence-electron chi connectivity index (χ4n) is 1.85. The molecule has 76 valence electrons. The van der Waals surface area contributed by atoms with E-state index in [9.17, 15) is 9.59 Å². The SMILES string of the molecule is O=Cc1cccc2c1oc(=O)n2C1CC1. The summed E-state index contributed by atoms with van der Waals surface area (Å²) in [5.74, 6) is -0.359. The molecule has 1 heterocycles. The van der Waals surface area contributed by atoms with Crippen molar-refractivity contribution in [2.24, 2.45) is 0 Å². The summed E-state index contributed by atoms with van der Waals surface area (Å²) in [6.07, 6.45) is 2.74. The lowest BCUT2D eigenvalue weighted by Gasteiger charge is -1.97. The smallest absolute Gasteiger partial charge is 0.407 e. The molecule has 4 heteroatoms. The lowest BCUT2D eigenvalue weighted by molar-refractivity contribution is 0.112. The van der Waals surface area contributed by atoms with E-state index in [1.54, 1.807) is 16.7 Å². The average Bonchev–Trinajstić information content (AvgIpc) is 3.00. The molecule has 1 aliphatic carbocycles. The van der Waals surface area contributed by atoms with E-state index >= 15 is 0 Å². The van der Waals surface area contributed by atoms with Crippen LogP contribution in [0.25, 0.3) is 11.1 Å². The highest BCUT2D eigenvalue weighted by atomic mass is 16.4. The molecule has 0 N–H and O–H groups in total. The first kappa shape index (κ1) is 8.47. The molecule has 3 rings (SSSR count). The second kappa shape index (κ2) is 2.82. The van der Waals surface area contributed by atoms with Crippen molar-refractivity contribution < 1.29 is 9.21 Å². The van der Waals surface area contributed by atoms with Crippen molar-refractivity contribution in [3.63, 3.8) is 0 Å². The normalized spacial score (nSPS) is 15.7. The number of aldehydes is 1. The molecule has 15 heavy (non-hydrogen) atoms. The van der Waals surface area contributed by atoms with Crippen LogP contribution in [0.2, 0.25) is 0 Å². The standard InChI is InChI=1S/C11H9NO3/c13-6-7-2-1-3-9-10(7)15-11(14)12(9)8-4-5-8/h1-3,6,8H,4-5H2. The Bertz CT molecular complexity index is 589. The number of aromatic nitrogens is 1. The number of hydrogen-bond acceptors (Lipinski definition) is 3. The van der Waals surface area contributed by atoms with Gasteiger partial charge in [0.25, 0.3) is 0 Å². The molecule has 0 atom stereocenters. The van der Waals surface area contributed by atoms with Crippen LogP contribution in [0.4, 0.5) is 0 Å². The predicted molar refractivity (Wildman–Crippen MR) is 54.1 cm³/mol. The number of oxazole rings is 1. The molecular weight excluding hydrogens is 194 g/mol. The van der Waals surface area contributed by atoms with Crippen LogP contribution >= 0.6 is 0 Å². The Morgan fingerprint density at radius 3 is 2.87 bits per heavy atom. The van der Waals surface area contributed by atoms with Gasteiger partial charge in [-0.3, -0.25) is 9.36 Å². The largest absolute Gasteiger partial charge is 0.420 e. The molecule has 0 bridgehead atoms. The van der Waals surface area contributed by atoms with Crippen LogP contribution in [-0.2, 0) is 0 Å². The maximum absolute atomic E-state index is 11.6. The molecule has 1 fully saturated rings. The minimum atomic E-state index is -0.359. The summed E-state index contributed by atoms with van der Waals surface area (Å²) >= 11 is 0. The zero-order chi connectivity index (χ0) is 10.4. The summed E-state index contributed by atoms with van der Waals surface area (Å²) in [4.78, 5) is 22.3. The third-order valence-corrected chi connectivity index (χ3v) is 2.71. The second-order valence-electron chi connectivity index (χ2n) is 3.78. The van der Waals surface area contributed by atoms with Crippen molar-refractivity contribution in [3.05, 3.63) is 34.3 Å². The minimum absolute atomic E-state index is 0.264. The van der Waals surface area contributed by atoms with Gasteiger partial charge in [0.1, 0.15) is 0 Å². The van der Waals surface area contributed by atoms with Gasteiger partial charge in [0.2, 0.25) is 0 Å². The molecule has 2 aromatic rings. The van der Waals surface area contributed by atoms with E-state index in [-0.39, 0.29) is 11.8 Å². The van der Waals surface area contributed by atoms with Crippen LogP contribution in [0.15, 0.2) is 27.4 Å². The quantitative estimate of drug-likeness (QED) is 0.698. The third kappa shape index (κ3) is 1.14. The third-order valence-electron chi connectivity index (χ3n) is 2.71. The molecule has 1 aromatic heterocycles. The highest BCUT2D eigenvalue weighted by molar-refractivity contribution is 5.92. The fraction of sp³-hybridized carbons (Fsp3) is 0.273. The minimum Gasteiger partial charge on any atom is -0.407 e. The van der Waals surface area contributed by atoms with Gasteiger partial charge in [-0.1, -0.05) is 6.07 Å². The van der Waals surface area contributed by atoms with Crippen molar-refractivity contribution in [1.29, 1.82) is 0 Å². The molecule has 0 saturated heterocycles. The molecule has 4 nitrogen and oxygen atoms in total. The lowest BCUT2D eigenvalue weighted by atomic mass is 10.2. The monoisotopic (exact) mass is 203 g/mol. The number of carbonyl (C=O) groups is 1. The molecule has 0 spiro atoms. The number of benzene rings is 1.